The molecular weight excluding hydrogens is 268 g/mol. The fourth-order valence-electron chi connectivity index (χ4n) is 2.40. The van der Waals surface area contributed by atoms with Gasteiger partial charge in [-0.25, -0.2) is 0 Å². The largest absolute Gasteiger partial charge is 0.490 e. The highest BCUT2D eigenvalue weighted by Crippen LogP contribution is 2.18. The second kappa shape index (κ2) is 8.64. The topological polar surface area (TPSA) is 50.8 Å². The lowest BCUT2D eigenvalue weighted by molar-refractivity contribution is -0.132. The summed E-state index contributed by atoms with van der Waals surface area (Å²) in [5.41, 5.74) is 0. The van der Waals surface area contributed by atoms with Crippen LogP contribution >= 0.6 is 0 Å². The maximum absolute atomic E-state index is 12.0. The predicted molar refractivity (Wildman–Crippen MR) is 81.4 cm³/mol. The SMILES string of the molecule is COCCNCC(=O)N1CCC(Oc2ccccc2)CC1. The minimum Gasteiger partial charge on any atom is -0.490 e. The van der Waals surface area contributed by atoms with E-state index in [9.17, 15) is 4.79 Å². The van der Waals surface area contributed by atoms with Crippen LogP contribution in [-0.2, 0) is 9.53 Å². The molecule has 0 atom stereocenters. The van der Waals surface area contributed by atoms with Crippen molar-refractivity contribution in [3.63, 3.8) is 0 Å². The van der Waals surface area contributed by atoms with Crippen LogP contribution in [0.3, 0.4) is 0 Å². The first-order chi connectivity index (χ1) is 10.3. The highest BCUT2D eigenvalue weighted by atomic mass is 16.5. The van der Waals surface area contributed by atoms with Gasteiger partial charge in [0.2, 0.25) is 5.91 Å². The minimum atomic E-state index is 0.157. The number of rotatable bonds is 7. The number of benzene rings is 1. The van der Waals surface area contributed by atoms with Gasteiger partial charge in [-0.2, -0.15) is 0 Å². The molecule has 0 spiro atoms. The second-order valence-corrected chi connectivity index (χ2v) is 5.18. The average molecular weight is 292 g/mol. The summed E-state index contributed by atoms with van der Waals surface area (Å²) in [5.74, 6) is 1.06. The summed E-state index contributed by atoms with van der Waals surface area (Å²) in [6, 6.07) is 9.86. The molecule has 1 fully saturated rings. The molecule has 5 nitrogen and oxygen atoms in total. The van der Waals surface area contributed by atoms with Gasteiger partial charge in [0.05, 0.1) is 13.2 Å². The fraction of sp³-hybridized carbons (Fsp3) is 0.562. The average Bonchev–Trinajstić information content (AvgIpc) is 2.53. The van der Waals surface area contributed by atoms with Crippen LogP contribution in [0.1, 0.15) is 12.8 Å². The van der Waals surface area contributed by atoms with Crippen LogP contribution in [-0.4, -0.2) is 56.8 Å². The van der Waals surface area contributed by atoms with Crippen LogP contribution in [0.15, 0.2) is 30.3 Å². The van der Waals surface area contributed by atoms with E-state index >= 15 is 0 Å². The van der Waals surface area contributed by atoms with Crippen LogP contribution in [0.5, 0.6) is 5.75 Å². The quantitative estimate of drug-likeness (QED) is 0.770. The molecule has 2 rings (SSSR count). The molecule has 1 aliphatic rings. The number of para-hydroxylation sites is 1. The maximum Gasteiger partial charge on any atom is 0.236 e. The van der Waals surface area contributed by atoms with Crippen LogP contribution in [0.25, 0.3) is 0 Å². The number of likely N-dealkylation sites (tertiary alicyclic amines) is 1. The molecule has 1 aromatic carbocycles. The highest BCUT2D eigenvalue weighted by molar-refractivity contribution is 5.78. The molecule has 1 amide bonds. The van der Waals surface area contributed by atoms with Crippen LogP contribution in [0.2, 0.25) is 0 Å². The number of amides is 1. The number of nitrogens with zero attached hydrogens (tertiary/aromatic N) is 1. The molecular formula is C16H24N2O3. The number of carbonyl (C=O) groups is 1. The molecule has 116 valence electrons. The standard InChI is InChI=1S/C16H24N2O3/c1-20-12-9-17-13-16(19)18-10-7-15(8-11-18)21-14-5-3-2-4-6-14/h2-6,15,17H,7-13H2,1H3. The van der Waals surface area contributed by atoms with Gasteiger partial charge in [0.15, 0.2) is 0 Å². The van der Waals surface area contributed by atoms with Crippen molar-refractivity contribution in [2.24, 2.45) is 0 Å². The fourth-order valence-corrected chi connectivity index (χ4v) is 2.40. The van der Waals surface area contributed by atoms with E-state index in [-0.39, 0.29) is 12.0 Å². The Labute approximate surface area is 126 Å². The zero-order valence-electron chi connectivity index (χ0n) is 12.6. The first-order valence-corrected chi connectivity index (χ1v) is 7.48. The van der Waals surface area contributed by atoms with E-state index in [1.807, 2.05) is 35.2 Å². The van der Waals surface area contributed by atoms with E-state index < -0.39 is 0 Å². The predicted octanol–water partition coefficient (Wildman–Crippen LogP) is 1.29. The molecule has 0 bridgehead atoms. The Hall–Kier alpha value is -1.59. The molecule has 1 heterocycles. The van der Waals surface area contributed by atoms with E-state index in [1.54, 1.807) is 7.11 Å². The zero-order chi connectivity index (χ0) is 14.9. The lowest BCUT2D eigenvalue weighted by atomic mass is 10.1. The molecule has 0 aliphatic carbocycles. The number of nitrogens with one attached hydrogen (secondary N) is 1. The molecule has 21 heavy (non-hydrogen) atoms. The van der Waals surface area contributed by atoms with Gasteiger partial charge in [-0.05, 0) is 12.1 Å². The van der Waals surface area contributed by atoms with E-state index in [0.29, 0.717) is 19.7 Å². The van der Waals surface area contributed by atoms with Crippen molar-refractivity contribution < 1.29 is 14.3 Å². The second-order valence-electron chi connectivity index (χ2n) is 5.18. The molecule has 1 aliphatic heterocycles. The Morgan fingerprint density at radius 3 is 2.67 bits per heavy atom. The molecule has 0 radical (unpaired) electrons. The van der Waals surface area contributed by atoms with Crippen molar-refractivity contribution in [1.29, 1.82) is 0 Å². The lowest BCUT2D eigenvalue weighted by Crippen LogP contribution is -2.45. The highest BCUT2D eigenvalue weighted by Gasteiger charge is 2.23. The van der Waals surface area contributed by atoms with Crippen molar-refractivity contribution in [3.8, 4) is 5.75 Å². The van der Waals surface area contributed by atoms with Crippen molar-refractivity contribution in [3.05, 3.63) is 30.3 Å². The molecule has 0 aromatic heterocycles. The van der Waals surface area contributed by atoms with Gasteiger partial charge >= 0.3 is 0 Å². The maximum atomic E-state index is 12.0. The van der Waals surface area contributed by atoms with E-state index in [4.69, 9.17) is 9.47 Å². The third-order valence-corrected chi connectivity index (χ3v) is 3.60. The molecule has 1 N–H and O–H groups in total. The Bertz CT molecular complexity index is 417. The molecule has 1 saturated heterocycles. The van der Waals surface area contributed by atoms with Gasteiger partial charge in [0, 0.05) is 39.6 Å². The third-order valence-electron chi connectivity index (χ3n) is 3.60. The Kier molecular flexibility index (Phi) is 6.50. The number of ether oxygens (including phenoxy) is 2. The number of hydrogen-bond acceptors (Lipinski definition) is 4. The summed E-state index contributed by atoms with van der Waals surface area (Å²) in [5, 5.41) is 3.09. The summed E-state index contributed by atoms with van der Waals surface area (Å²) in [4.78, 5) is 13.9. The van der Waals surface area contributed by atoms with Gasteiger partial charge < -0.3 is 19.7 Å². The van der Waals surface area contributed by atoms with Crippen LogP contribution in [0, 0.1) is 0 Å². The molecule has 0 saturated carbocycles. The van der Waals surface area contributed by atoms with Gasteiger partial charge in [0.25, 0.3) is 0 Å². The first-order valence-electron chi connectivity index (χ1n) is 7.48. The number of carbonyl (C=O) groups excluding carboxylic acids is 1. The molecule has 5 heteroatoms. The summed E-state index contributed by atoms with van der Waals surface area (Å²) < 4.78 is 10.9. The third kappa shape index (κ3) is 5.36. The van der Waals surface area contributed by atoms with Crippen LogP contribution in [0.4, 0.5) is 0 Å². The monoisotopic (exact) mass is 292 g/mol. The summed E-state index contributed by atoms with van der Waals surface area (Å²) >= 11 is 0. The summed E-state index contributed by atoms with van der Waals surface area (Å²) in [7, 11) is 1.65. The van der Waals surface area contributed by atoms with Gasteiger partial charge in [-0.15, -0.1) is 0 Å². The first kappa shape index (κ1) is 15.8. The smallest absolute Gasteiger partial charge is 0.236 e. The number of hydrogen-bond donors (Lipinski definition) is 1. The Morgan fingerprint density at radius 1 is 1.29 bits per heavy atom. The van der Waals surface area contributed by atoms with E-state index in [1.165, 1.54) is 0 Å². The molecule has 1 aromatic rings. The molecule has 0 unspecified atom stereocenters. The normalized spacial score (nSPS) is 16.0. The summed E-state index contributed by atoms with van der Waals surface area (Å²) in [6.45, 7) is 3.24. The minimum absolute atomic E-state index is 0.157. The summed E-state index contributed by atoms with van der Waals surface area (Å²) in [6.07, 6.45) is 1.98. The van der Waals surface area contributed by atoms with Gasteiger partial charge in [0.1, 0.15) is 11.9 Å². The van der Waals surface area contributed by atoms with E-state index in [0.717, 1.165) is 31.7 Å². The van der Waals surface area contributed by atoms with Crippen molar-refractivity contribution in [1.82, 2.24) is 10.2 Å². The van der Waals surface area contributed by atoms with Crippen molar-refractivity contribution in [2.75, 3.05) is 39.9 Å². The van der Waals surface area contributed by atoms with Crippen molar-refractivity contribution in [2.45, 2.75) is 18.9 Å². The van der Waals surface area contributed by atoms with Crippen LogP contribution < -0.4 is 10.1 Å². The Morgan fingerprint density at radius 2 is 2.00 bits per heavy atom. The number of methoxy groups -OCH3 is 1. The van der Waals surface area contributed by atoms with E-state index in [2.05, 4.69) is 5.32 Å². The van der Waals surface area contributed by atoms with Crippen molar-refractivity contribution >= 4 is 5.91 Å². The number of piperidine rings is 1. The van der Waals surface area contributed by atoms with Gasteiger partial charge in [-0.1, -0.05) is 18.2 Å². The lowest BCUT2D eigenvalue weighted by Gasteiger charge is -2.32. The zero-order valence-corrected chi connectivity index (χ0v) is 12.6. The Balaban J connectivity index is 1.67. The van der Waals surface area contributed by atoms with Gasteiger partial charge in [-0.3, -0.25) is 4.79 Å².